The van der Waals surface area contributed by atoms with Crippen molar-refractivity contribution in [3.8, 4) is 6.07 Å². The van der Waals surface area contributed by atoms with Gasteiger partial charge in [0.1, 0.15) is 12.1 Å². The number of nitriles is 1. The molecule has 1 saturated heterocycles. The van der Waals surface area contributed by atoms with E-state index in [1.165, 1.54) is 6.07 Å². The average molecular weight is 398 g/mol. The monoisotopic (exact) mass is 398 g/mol. The Balaban J connectivity index is 1.58. The van der Waals surface area contributed by atoms with Gasteiger partial charge in [-0.3, -0.25) is 14.5 Å². The van der Waals surface area contributed by atoms with E-state index < -0.39 is 29.9 Å². The summed E-state index contributed by atoms with van der Waals surface area (Å²) in [6, 6.07) is 20.9. The number of rotatable bonds is 4. The largest absolute Gasteiger partial charge is 0.325 e. The normalized spacial score (nSPS) is 18.2. The molecule has 0 saturated carbocycles. The predicted octanol–water partition coefficient (Wildman–Crippen LogP) is 3.12. The number of anilines is 1. The Morgan fingerprint density at radius 3 is 2.63 bits per heavy atom. The quantitative estimate of drug-likeness (QED) is 0.659. The Morgan fingerprint density at radius 2 is 1.83 bits per heavy atom. The maximum absolute atomic E-state index is 13.2. The first-order chi connectivity index (χ1) is 14.4. The first-order valence-electron chi connectivity index (χ1n) is 9.35. The van der Waals surface area contributed by atoms with Crippen LogP contribution in [-0.4, -0.2) is 29.3 Å². The third kappa shape index (κ3) is 3.25. The Kier molecular flexibility index (Phi) is 4.68. The fourth-order valence-electron chi connectivity index (χ4n) is 3.70. The lowest BCUT2D eigenvalue weighted by Gasteiger charge is -2.24. The number of hydrogen-bond donors (Lipinski definition) is 2. The summed E-state index contributed by atoms with van der Waals surface area (Å²) in [6.07, 6.45) is 0. The van der Waals surface area contributed by atoms with Crippen molar-refractivity contribution >= 4 is 34.3 Å². The minimum atomic E-state index is -1.28. The molecule has 7 nitrogen and oxygen atoms in total. The van der Waals surface area contributed by atoms with Gasteiger partial charge in [0.05, 0.1) is 11.6 Å². The van der Waals surface area contributed by atoms with Crippen LogP contribution >= 0.6 is 0 Å². The maximum atomic E-state index is 13.2. The molecule has 7 heteroatoms. The van der Waals surface area contributed by atoms with Crippen molar-refractivity contribution in [2.45, 2.75) is 12.5 Å². The SMILES string of the molecule is C[C@@]1(c2cccc3ccccc23)NC(=O)N(CC(=O)Nc2cccc(C#N)c2)C1=O. The first kappa shape index (κ1) is 19.2. The highest BCUT2D eigenvalue weighted by Gasteiger charge is 2.50. The summed E-state index contributed by atoms with van der Waals surface area (Å²) >= 11 is 0. The molecule has 1 atom stereocenters. The standard InChI is InChI=1S/C23H18N4O3/c1-23(19-11-5-8-16-7-2-3-10-18(16)19)21(29)27(22(30)26-23)14-20(28)25-17-9-4-6-15(12-17)13-24/h2-12H,14H2,1H3,(H,25,28)(H,26,30)/t23-/m0/s1. The van der Waals surface area contributed by atoms with Crippen molar-refractivity contribution < 1.29 is 14.4 Å². The van der Waals surface area contributed by atoms with E-state index in [2.05, 4.69) is 10.6 Å². The molecule has 148 valence electrons. The van der Waals surface area contributed by atoms with Crippen molar-refractivity contribution in [2.24, 2.45) is 0 Å². The maximum Gasteiger partial charge on any atom is 0.325 e. The molecule has 4 rings (SSSR count). The van der Waals surface area contributed by atoms with Crippen LogP contribution in [0.5, 0.6) is 0 Å². The van der Waals surface area contributed by atoms with E-state index in [4.69, 9.17) is 5.26 Å². The number of nitrogens with zero attached hydrogens (tertiary/aromatic N) is 2. The molecule has 4 amide bonds. The van der Waals surface area contributed by atoms with Gasteiger partial charge in [0.15, 0.2) is 0 Å². The molecule has 30 heavy (non-hydrogen) atoms. The van der Waals surface area contributed by atoms with Crippen LogP contribution in [-0.2, 0) is 15.1 Å². The van der Waals surface area contributed by atoms with Gasteiger partial charge in [0, 0.05) is 5.69 Å². The highest BCUT2D eigenvalue weighted by atomic mass is 16.2. The molecule has 1 heterocycles. The summed E-state index contributed by atoms with van der Waals surface area (Å²) in [7, 11) is 0. The number of urea groups is 1. The van der Waals surface area contributed by atoms with E-state index >= 15 is 0 Å². The molecular weight excluding hydrogens is 380 g/mol. The van der Waals surface area contributed by atoms with Gasteiger partial charge in [-0.2, -0.15) is 5.26 Å². The second-order valence-corrected chi connectivity index (χ2v) is 7.21. The fourth-order valence-corrected chi connectivity index (χ4v) is 3.70. The van der Waals surface area contributed by atoms with E-state index in [1.54, 1.807) is 31.2 Å². The smallest absolute Gasteiger partial charge is 0.324 e. The zero-order valence-electron chi connectivity index (χ0n) is 16.2. The summed E-state index contributed by atoms with van der Waals surface area (Å²) in [6.45, 7) is 1.21. The lowest BCUT2D eigenvalue weighted by atomic mass is 9.88. The van der Waals surface area contributed by atoms with Gasteiger partial charge >= 0.3 is 6.03 Å². The molecule has 0 unspecified atom stereocenters. The number of amides is 4. The van der Waals surface area contributed by atoms with Crippen LogP contribution in [0.4, 0.5) is 10.5 Å². The van der Waals surface area contributed by atoms with Gasteiger partial charge in [0.25, 0.3) is 5.91 Å². The summed E-state index contributed by atoms with van der Waals surface area (Å²) in [4.78, 5) is 39.1. The van der Waals surface area contributed by atoms with E-state index in [-0.39, 0.29) is 0 Å². The first-order valence-corrected chi connectivity index (χ1v) is 9.35. The van der Waals surface area contributed by atoms with E-state index in [9.17, 15) is 14.4 Å². The van der Waals surface area contributed by atoms with Crippen LogP contribution in [0.25, 0.3) is 10.8 Å². The van der Waals surface area contributed by atoms with Crippen LogP contribution in [0, 0.1) is 11.3 Å². The lowest BCUT2D eigenvalue weighted by molar-refractivity contribution is -0.133. The predicted molar refractivity (Wildman–Crippen MR) is 111 cm³/mol. The van der Waals surface area contributed by atoms with Crippen molar-refractivity contribution in [3.63, 3.8) is 0 Å². The fraction of sp³-hybridized carbons (Fsp3) is 0.130. The van der Waals surface area contributed by atoms with Crippen LogP contribution in [0.1, 0.15) is 18.1 Å². The molecule has 3 aromatic rings. The number of hydrogen-bond acceptors (Lipinski definition) is 4. The molecule has 0 aromatic heterocycles. The lowest BCUT2D eigenvalue weighted by Crippen LogP contribution is -2.42. The molecule has 0 bridgehead atoms. The minimum absolute atomic E-state index is 0.395. The molecule has 2 N–H and O–H groups in total. The van der Waals surface area contributed by atoms with Crippen molar-refractivity contribution in [1.29, 1.82) is 5.26 Å². The number of imide groups is 1. The van der Waals surface area contributed by atoms with E-state index in [0.29, 0.717) is 16.8 Å². The molecule has 1 aliphatic rings. The Labute approximate surface area is 172 Å². The molecule has 0 radical (unpaired) electrons. The summed E-state index contributed by atoms with van der Waals surface area (Å²) in [5.41, 5.74) is 0.205. The highest BCUT2D eigenvalue weighted by molar-refractivity contribution is 6.11. The second-order valence-electron chi connectivity index (χ2n) is 7.21. The number of carbonyl (C=O) groups is 3. The van der Waals surface area contributed by atoms with Crippen LogP contribution in [0.3, 0.4) is 0 Å². The third-order valence-electron chi connectivity index (χ3n) is 5.18. The van der Waals surface area contributed by atoms with E-state index in [0.717, 1.165) is 15.7 Å². The van der Waals surface area contributed by atoms with Gasteiger partial charge in [-0.05, 0) is 41.5 Å². The number of carbonyl (C=O) groups excluding carboxylic acids is 3. The second kappa shape index (κ2) is 7.33. The third-order valence-corrected chi connectivity index (χ3v) is 5.18. The Bertz CT molecular complexity index is 1230. The van der Waals surface area contributed by atoms with Gasteiger partial charge in [-0.1, -0.05) is 48.5 Å². The van der Waals surface area contributed by atoms with Crippen LogP contribution in [0.2, 0.25) is 0 Å². The zero-order valence-corrected chi connectivity index (χ0v) is 16.2. The van der Waals surface area contributed by atoms with Gasteiger partial charge in [-0.15, -0.1) is 0 Å². The Hall–Kier alpha value is -4.18. The zero-order chi connectivity index (χ0) is 21.3. The molecule has 1 fully saturated rings. The number of nitrogens with one attached hydrogen (secondary N) is 2. The van der Waals surface area contributed by atoms with Crippen molar-refractivity contribution in [3.05, 3.63) is 77.9 Å². The van der Waals surface area contributed by atoms with Crippen molar-refractivity contribution in [1.82, 2.24) is 10.2 Å². The van der Waals surface area contributed by atoms with Gasteiger partial charge in [-0.25, -0.2) is 4.79 Å². The summed E-state index contributed by atoms with van der Waals surface area (Å²) in [5, 5.41) is 16.1. The molecule has 0 spiro atoms. The summed E-state index contributed by atoms with van der Waals surface area (Å²) < 4.78 is 0. The highest BCUT2D eigenvalue weighted by Crippen LogP contribution is 2.33. The summed E-state index contributed by atoms with van der Waals surface area (Å²) in [5.74, 6) is -1.03. The van der Waals surface area contributed by atoms with Crippen molar-refractivity contribution in [2.75, 3.05) is 11.9 Å². The molecular formula is C23H18N4O3. The minimum Gasteiger partial charge on any atom is -0.324 e. The van der Waals surface area contributed by atoms with E-state index in [1.807, 2.05) is 42.5 Å². The topological polar surface area (TPSA) is 102 Å². The van der Waals surface area contributed by atoms with Crippen LogP contribution < -0.4 is 10.6 Å². The number of benzene rings is 3. The number of fused-ring (bicyclic) bond motifs is 1. The van der Waals surface area contributed by atoms with Gasteiger partial charge < -0.3 is 10.6 Å². The average Bonchev–Trinajstić information content (AvgIpc) is 2.97. The molecule has 0 aliphatic carbocycles. The van der Waals surface area contributed by atoms with Crippen LogP contribution in [0.15, 0.2) is 66.7 Å². The Morgan fingerprint density at radius 1 is 1.10 bits per heavy atom. The molecule has 3 aromatic carbocycles. The molecule has 1 aliphatic heterocycles. The van der Waals surface area contributed by atoms with Gasteiger partial charge in [0.2, 0.25) is 5.91 Å².